The number of hydrogen-bond acceptors (Lipinski definition) is 7. The van der Waals surface area contributed by atoms with Gasteiger partial charge in [0, 0.05) is 6.42 Å². The molecular weight excluding hydrogens is 332 g/mol. The standard InChI is InChI=1S/C16H16N2O7/c1-23-15(21)13-12(25-9-17-13)7-11(14(19)20)18-16(22)24-8-10-5-3-2-4-6-10/h2-6,9,11H,7-8H2,1H3,(H,18,22)(H,19,20)/t11-/m0/s1. The first-order chi connectivity index (χ1) is 12.0. The van der Waals surface area contributed by atoms with Gasteiger partial charge < -0.3 is 24.3 Å². The van der Waals surface area contributed by atoms with Crippen LogP contribution in [0.2, 0.25) is 0 Å². The average Bonchev–Trinajstić information content (AvgIpc) is 3.07. The number of carboxylic acid groups (broad SMARTS) is 1. The number of oxazole rings is 1. The zero-order valence-electron chi connectivity index (χ0n) is 13.3. The summed E-state index contributed by atoms with van der Waals surface area (Å²) in [6.45, 7) is -0.00523. The van der Waals surface area contributed by atoms with Crippen molar-refractivity contribution >= 4 is 18.0 Å². The Morgan fingerprint density at radius 1 is 1.28 bits per heavy atom. The number of ether oxygens (including phenoxy) is 2. The highest BCUT2D eigenvalue weighted by Gasteiger charge is 2.27. The number of benzene rings is 1. The number of alkyl carbamates (subject to hydrolysis) is 1. The Balaban J connectivity index is 1.97. The van der Waals surface area contributed by atoms with Crippen LogP contribution in [0.1, 0.15) is 21.8 Å². The molecule has 9 nitrogen and oxygen atoms in total. The molecule has 1 aromatic heterocycles. The van der Waals surface area contributed by atoms with E-state index in [0.717, 1.165) is 19.1 Å². The Hall–Kier alpha value is -3.36. The van der Waals surface area contributed by atoms with E-state index in [2.05, 4.69) is 15.0 Å². The molecule has 1 heterocycles. The van der Waals surface area contributed by atoms with Gasteiger partial charge in [0.05, 0.1) is 7.11 Å². The van der Waals surface area contributed by atoms with E-state index >= 15 is 0 Å². The van der Waals surface area contributed by atoms with Crippen molar-refractivity contribution in [2.45, 2.75) is 19.1 Å². The maximum atomic E-state index is 11.8. The maximum absolute atomic E-state index is 11.8. The number of nitrogens with zero attached hydrogens (tertiary/aromatic N) is 1. The molecule has 0 spiro atoms. The van der Waals surface area contributed by atoms with Gasteiger partial charge in [0.2, 0.25) is 0 Å². The zero-order valence-corrected chi connectivity index (χ0v) is 13.3. The van der Waals surface area contributed by atoms with Crippen LogP contribution >= 0.6 is 0 Å². The largest absolute Gasteiger partial charge is 0.480 e. The summed E-state index contributed by atoms with van der Waals surface area (Å²) >= 11 is 0. The summed E-state index contributed by atoms with van der Waals surface area (Å²) in [5, 5.41) is 11.5. The number of nitrogens with one attached hydrogen (secondary N) is 1. The second kappa shape index (κ2) is 8.48. The van der Waals surface area contributed by atoms with E-state index in [-0.39, 0.29) is 24.5 Å². The van der Waals surface area contributed by atoms with Gasteiger partial charge in [0.25, 0.3) is 0 Å². The molecule has 2 rings (SSSR count). The number of esters is 1. The van der Waals surface area contributed by atoms with Gasteiger partial charge in [-0.2, -0.15) is 0 Å². The Morgan fingerprint density at radius 3 is 2.64 bits per heavy atom. The molecule has 0 aliphatic carbocycles. The molecule has 0 fully saturated rings. The maximum Gasteiger partial charge on any atom is 0.408 e. The van der Waals surface area contributed by atoms with Crippen LogP contribution in [0.3, 0.4) is 0 Å². The van der Waals surface area contributed by atoms with E-state index in [1.54, 1.807) is 24.3 Å². The Bertz CT molecular complexity index is 742. The van der Waals surface area contributed by atoms with E-state index in [0.29, 0.717) is 0 Å². The van der Waals surface area contributed by atoms with E-state index in [4.69, 9.17) is 9.15 Å². The summed E-state index contributed by atoms with van der Waals surface area (Å²) in [5.74, 6) is -2.09. The van der Waals surface area contributed by atoms with Gasteiger partial charge in [0.15, 0.2) is 12.1 Å². The van der Waals surface area contributed by atoms with Gasteiger partial charge in [-0.25, -0.2) is 19.4 Å². The summed E-state index contributed by atoms with van der Waals surface area (Å²) in [6.07, 6.45) is -0.204. The highest BCUT2D eigenvalue weighted by molar-refractivity contribution is 5.88. The first-order valence-corrected chi connectivity index (χ1v) is 7.22. The van der Waals surface area contributed by atoms with Crippen molar-refractivity contribution in [1.29, 1.82) is 0 Å². The first-order valence-electron chi connectivity index (χ1n) is 7.22. The molecule has 0 aliphatic heterocycles. The number of rotatable bonds is 7. The molecule has 0 radical (unpaired) electrons. The van der Waals surface area contributed by atoms with Gasteiger partial charge in [-0.15, -0.1) is 0 Å². The van der Waals surface area contributed by atoms with Crippen LogP contribution < -0.4 is 5.32 Å². The molecule has 2 N–H and O–H groups in total. The van der Waals surface area contributed by atoms with E-state index in [1.807, 2.05) is 6.07 Å². The Kier molecular flexibility index (Phi) is 6.10. The average molecular weight is 348 g/mol. The number of carbonyl (C=O) groups is 3. The van der Waals surface area contributed by atoms with E-state index in [1.165, 1.54) is 0 Å². The highest BCUT2D eigenvalue weighted by Crippen LogP contribution is 2.11. The molecule has 9 heteroatoms. The van der Waals surface area contributed by atoms with Crippen LogP contribution in [0.5, 0.6) is 0 Å². The van der Waals surface area contributed by atoms with Gasteiger partial charge in [-0.1, -0.05) is 30.3 Å². The third-order valence-electron chi connectivity index (χ3n) is 3.21. The number of carboxylic acids is 1. The number of aliphatic carboxylic acids is 1. The Labute approximate surface area is 142 Å². The van der Waals surface area contributed by atoms with Gasteiger partial charge >= 0.3 is 18.0 Å². The molecule has 0 aliphatic rings. The molecule has 1 atom stereocenters. The van der Waals surface area contributed by atoms with E-state index < -0.39 is 24.1 Å². The number of methoxy groups -OCH3 is 1. The lowest BCUT2D eigenvalue weighted by molar-refractivity contribution is -0.139. The lowest BCUT2D eigenvalue weighted by Gasteiger charge is -2.13. The SMILES string of the molecule is COC(=O)c1ncoc1C[C@H](NC(=O)OCc1ccccc1)C(=O)O. The van der Waals surface area contributed by atoms with Crippen LogP contribution in [0.15, 0.2) is 41.1 Å². The van der Waals surface area contributed by atoms with E-state index in [9.17, 15) is 19.5 Å². The predicted molar refractivity (Wildman–Crippen MR) is 82.7 cm³/mol. The molecular formula is C16H16N2O7. The lowest BCUT2D eigenvalue weighted by atomic mass is 10.1. The third kappa shape index (κ3) is 5.06. The number of amides is 1. The fraction of sp³-hybridized carbons (Fsp3) is 0.250. The summed E-state index contributed by atoms with van der Waals surface area (Å²) in [6, 6.07) is 7.56. The minimum atomic E-state index is -1.36. The first kappa shape index (κ1) is 18.0. The zero-order chi connectivity index (χ0) is 18.2. The summed E-state index contributed by atoms with van der Waals surface area (Å²) in [4.78, 5) is 38.3. The van der Waals surface area contributed by atoms with Crippen LogP contribution in [0.4, 0.5) is 4.79 Å². The van der Waals surface area contributed by atoms with Crippen molar-refractivity contribution in [3.8, 4) is 0 Å². The summed E-state index contributed by atoms with van der Waals surface area (Å²) in [5.41, 5.74) is 0.612. The molecule has 0 bridgehead atoms. The van der Waals surface area contributed by atoms with Gasteiger partial charge in [0.1, 0.15) is 18.4 Å². The van der Waals surface area contributed by atoms with Gasteiger partial charge in [-0.05, 0) is 5.56 Å². The number of hydrogen-bond donors (Lipinski definition) is 2. The minimum Gasteiger partial charge on any atom is -0.480 e. The monoisotopic (exact) mass is 348 g/mol. The lowest BCUT2D eigenvalue weighted by Crippen LogP contribution is -2.42. The fourth-order valence-corrected chi connectivity index (χ4v) is 1.97. The molecule has 0 saturated heterocycles. The van der Waals surface area contributed by atoms with Gasteiger partial charge in [-0.3, -0.25) is 0 Å². The highest BCUT2D eigenvalue weighted by atomic mass is 16.5. The van der Waals surface area contributed by atoms with Crippen LogP contribution in [0, 0.1) is 0 Å². The summed E-state index contributed by atoms with van der Waals surface area (Å²) < 4.78 is 14.5. The van der Waals surface area contributed by atoms with Crippen LogP contribution in [-0.4, -0.2) is 41.3 Å². The molecule has 1 aromatic carbocycles. The topological polar surface area (TPSA) is 128 Å². The van der Waals surface area contributed by atoms with Crippen molar-refractivity contribution in [2.75, 3.05) is 7.11 Å². The minimum absolute atomic E-state index is 0.00523. The molecule has 25 heavy (non-hydrogen) atoms. The summed E-state index contributed by atoms with van der Waals surface area (Å²) in [7, 11) is 1.16. The van der Waals surface area contributed by atoms with Crippen molar-refractivity contribution in [1.82, 2.24) is 10.3 Å². The Morgan fingerprint density at radius 2 is 2.00 bits per heavy atom. The molecule has 0 unspecified atom stereocenters. The smallest absolute Gasteiger partial charge is 0.408 e. The normalized spacial score (nSPS) is 11.4. The predicted octanol–water partition coefficient (Wildman–Crippen LogP) is 1.38. The van der Waals surface area contributed by atoms with Crippen LogP contribution in [-0.2, 0) is 27.3 Å². The van der Waals surface area contributed by atoms with Crippen molar-refractivity contribution in [2.24, 2.45) is 0 Å². The molecule has 132 valence electrons. The molecule has 2 aromatic rings. The van der Waals surface area contributed by atoms with Crippen molar-refractivity contribution in [3.05, 3.63) is 53.7 Å². The fourth-order valence-electron chi connectivity index (χ4n) is 1.97. The quantitative estimate of drug-likeness (QED) is 0.718. The van der Waals surface area contributed by atoms with Crippen molar-refractivity contribution in [3.63, 3.8) is 0 Å². The third-order valence-corrected chi connectivity index (χ3v) is 3.21. The molecule has 0 saturated carbocycles. The number of aromatic nitrogens is 1. The van der Waals surface area contributed by atoms with Crippen molar-refractivity contribution < 1.29 is 33.4 Å². The second-order valence-corrected chi connectivity index (χ2v) is 4.92. The number of carbonyl (C=O) groups excluding carboxylic acids is 2. The molecule has 1 amide bonds. The van der Waals surface area contributed by atoms with Crippen LogP contribution in [0.25, 0.3) is 0 Å². The second-order valence-electron chi connectivity index (χ2n) is 4.92.